The molecule has 0 saturated carbocycles. The lowest BCUT2D eigenvalue weighted by molar-refractivity contribution is 0.131. The molecular weight excluding hydrogens is 521 g/mol. The number of benzene rings is 2. The number of aromatic nitrogens is 3. The summed E-state index contributed by atoms with van der Waals surface area (Å²) >= 11 is 0. The molecule has 1 aliphatic rings. The van der Waals surface area contributed by atoms with Crippen molar-refractivity contribution in [2.75, 3.05) is 6.54 Å². The zero-order valence-corrected chi connectivity index (χ0v) is 22.8. The monoisotopic (exact) mass is 553 g/mol. The molecule has 206 valence electrons. The number of aromatic amines is 1. The van der Waals surface area contributed by atoms with Gasteiger partial charge in [-0.2, -0.15) is 4.72 Å². The molecule has 1 atom stereocenters. The molecular formula is C28H32FN5O4S. The Morgan fingerprint density at radius 1 is 0.974 bits per heavy atom. The van der Waals surface area contributed by atoms with Crippen LogP contribution in [0.25, 0.3) is 22.3 Å². The van der Waals surface area contributed by atoms with E-state index in [0.717, 1.165) is 24.9 Å². The Balaban J connectivity index is 1.38. The quantitative estimate of drug-likeness (QED) is 0.346. The molecule has 3 heterocycles. The van der Waals surface area contributed by atoms with Gasteiger partial charge >= 0.3 is 5.69 Å². The van der Waals surface area contributed by atoms with E-state index in [2.05, 4.69) is 14.6 Å². The summed E-state index contributed by atoms with van der Waals surface area (Å²) in [6.07, 6.45) is 2.19. The van der Waals surface area contributed by atoms with Crippen LogP contribution < -0.4 is 16.0 Å². The topological polar surface area (TPSA) is 109 Å². The average molecular weight is 554 g/mol. The van der Waals surface area contributed by atoms with Gasteiger partial charge in [-0.3, -0.25) is 18.8 Å². The van der Waals surface area contributed by atoms with E-state index in [-0.39, 0.29) is 34.7 Å². The fourth-order valence-corrected chi connectivity index (χ4v) is 6.48. The third-order valence-electron chi connectivity index (χ3n) is 7.32. The molecule has 1 unspecified atom stereocenters. The van der Waals surface area contributed by atoms with Crippen LogP contribution in [0.15, 0.2) is 69.1 Å². The van der Waals surface area contributed by atoms with Gasteiger partial charge in [-0.15, -0.1) is 0 Å². The van der Waals surface area contributed by atoms with Gasteiger partial charge in [0.15, 0.2) is 0 Å². The Bertz CT molecular complexity index is 1710. The minimum Gasteiger partial charge on any atom is -0.349 e. The summed E-state index contributed by atoms with van der Waals surface area (Å²) in [5, 5.41) is 0. The molecule has 2 N–H and O–H groups in total. The molecule has 1 aliphatic heterocycles. The van der Waals surface area contributed by atoms with Gasteiger partial charge in [0.2, 0.25) is 10.0 Å². The highest BCUT2D eigenvalue weighted by Crippen LogP contribution is 2.25. The lowest BCUT2D eigenvalue weighted by atomic mass is 10.1. The Labute approximate surface area is 225 Å². The van der Waals surface area contributed by atoms with E-state index in [4.69, 9.17) is 0 Å². The van der Waals surface area contributed by atoms with Crippen LogP contribution in [0, 0.1) is 5.82 Å². The van der Waals surface area contributed by atoms with Crippen LogP contribution in [-0.2, 0) is 29.7 Å². The Morgan fingerprint density at radius 2 is 1.67 bits per heavy atom. The SMILES string of the molecule is CCn1c(=O)c2[nH]c(-c3ccc(S(=O)(=O)NC4CCCCN4Cc4ccc(F)cc4)cc3)cc2n(CC)c1=O. The van der Waals surface area contributed by atoms with Crippen molar-refractivity contribution < 1.29 is 12.8 Å². The normalized spacial score (nSPS) is 16.6. The highest BCUT2D eigenvalue weighted by atomic mass is 32.2. The van der Waals surface area contributed by atoms with Gasteiger partial charge in [-0.25, -0.2) is 17.6 Å². The summed E-state index contributed by atoms with van der Waals surface area (Å²) in [6, 6.07) is 14.4. The number of hydrogen-bond acceptors (Lipinski definition) is 5. The largest absolute Gasteiger partial charge is 0.349 e. The molecule has 1 fully saturated rings. The lowest BCUT2D eigenvalue weighted by Gasteiger charge is -2.36. The van der Waals surface area contributed by atoms with E-state index in [1.807, 2.05) is 6.92 Å². The van der Waals surface area contributed by atoms with Crippen LogP contribution in [0.4, 0.5) is 4.39 Å². The molecule has 5 rings (SSSR count). The zero-order valence-electron chi connectivity index (χ0n) is 22.0. The number of nitrogens with one attached hydrogen (secondary N) is 2. The highest BCUT2D eigenvalue weighted by molar-refractivity contribution is 7.89. The van der Waals surface area contributed by atoms with Crippen LogP contribution in [0.2, 0.25) is 0 Å². The van der Waals surface area contributed by atoms with Crippen LogP contribution >= 0.6 is 0 Å². The van der Waals surface area contributed by atoms with Crippen LogP contribution in [0.1, 0.15) is 38.7 Å². The maximum Gasteiger partial charge on any atom is 0.331 e. The molecule has 0 bridgehead atoms. The van der Waals surface area contributed by atoms with Gasteiger partial charge in [0.1, 0.15) is 11.3 Å². The standard InChI is InChI=1S/C28H32FN5O4S/c1-3-33-24-17-23(30-26(24)27(35)34(4-2)28(33)36)20-10-14-22(15-11-20)39(37,38)31-25-7-5-6-16-32(25)18-19-8-12-21(29)13-9-19/h8-15,17,25,30-31H,3-7,16,18H2,1-2H3. The predicted octanol–water partition coefficient (Wildman–Crippen LogP) is 3.63. The first-order chi connectivity index (χ1) is 18.7. The van der Waals surface area contributed by atoms with Gasteiger partial charge in [-0.05, 0) is 74.6 Å². The summed E-state index contributed by atoms with van der Waals surface area (Å²) < 4.78 is 45.5. The van der Waals surface area contributed by atoms with Crippen LogP contribution in [0.3, 0.4) is 0 Å². The third kappa shape index (κ3) is 5.34. The number of H-pyrrole nitrogens is 1. The minimum absolute atomic E-state index is 0.133. The average Bonchev–Trinajstić information content (AvgIpc) is 3.37. The Hall–Kier alpha value is -3.54. The number of likely N-dealkylation sites (tertiary alicyclic amines) is 1. The molecule has 39 heavy (non-hydrogen) atoms. The first-order valence-electron chi connectivity index (χ1n) is 13.2. The molecule has 0 aliphatic carbocycles. The number of piperidine rings is 1. The fourth-order valence-electron chi connectivity index (χ4n) is 5.23. The molecule has 0 amide bonds. The maximum absolute atomic E-state index is 13.3. The van der Waals surface area contributed by atoms with Crippen LogP contribution in [0.5, 0.6) is 0 Å². The van der Waals surface area contributed by atoms with Crippen molar-refractivity contribution in [2.45, 2.75) is 63.8 Å². The summed E-state index contributed by atoms with van der Waals surface area (Å²) in [5.41, 5.74) is 2.35. The highest BCUT2D eigenvalue weighted by Gasteiger charge is 2.28. The molecule has 9 nitrogen and oxygen atoms in total. The summed E-state index contributed by atoms with van der Waals surface area (Å²) in [5.74, 6) is -0.302. The van der Waals surface area contributed by atoms with Gasteiger partial charge in [0.25, 0.3) is 5.56 Å². The summed E-state index contributed by atoms with van der Waals surface area (Å²) in [4.78, 5) is 30.9. The molecule has 2 aromatic carbocycles. The van der Waals surface area contributed by atoms with Crippen molar-refractivity contribution in [3.05, 3.63) is 86.8 Å². The van der Waals surface area contributed by atoms with E-state index >= 15 is 0 Å². The van der Waals surface area contributed by atoms with E-state index in [0.29, 0.717) is 41.8 Å². The second-order valence-electron chi connectivity index (χ2n) is 9.77. The van der Waals surface area contributed by atoms with Gasteiger partial charge in [-0.1, -0.05) is 24.3 Å². The Kier molecular flexibility index (Phi) is 7.57. The summed E-state index contributed by atoms with van der Waals surface area (Å²) in [6.45, 7) is 5.54. The molecule has 2 aromatic heterocycles. The maximum atomic E-state index is 13.3. The fraction of sp³-hybridized carbons (Fsp3) is 0.357. The number of fused-ring (bicyclic) bond motifs is 1. The van der Waals surface area contributed by atoms with E-state index in [1.165, 1.54) is 28.8 Å². The van der Waals surface area contributed by atoms with Crippen molar-refractivity contribution in [1.82, 2.24) is 23.7 Å². The molecule has 4 aromatic rings. The van der Waals surface area contributed by atoms with E-state index in [9.17, 15) is 22.4 Å². The smallest absolute Gasteiger partial charge is 0.331 e. The first-order valence-corrected chi connectivity index (χ1v) is 14.7. The second kappa shape index (κ2) is 10.9. The number of nitrogens with zero attached hydrogens (tertiary/aromatic N) is 3. The number of aryl methyl sites for hydroxylation is 1. The molecule has 1 saturated heterocycles. The van der Waals surface area contributed by atoms with Crippen molar-refractivity contribution in [3.8, 4) is 11.3 Å². The second-order valence-corrected chi connectivity index (χ2v) is 11.5. The van der Waals surface area contributed by atoms with Crippen molar-refractivity contribution in [3.63, 3.8) is 0 Å². The summed E-state index contributed by atoms with van der Waals surface area (Å²) in [7, 11) is -3.81. The van der Waals surface area contributed by atoms with E-state index < -0.39 is 10.0 Å². The van der Waals surface area contributed by atoms with E-state index in [1.54, 1.807) is 41.8 Å². The number of hydrogen-bond donors (Lipinski definition) is 2. The van der Waals surface area contributed by atoms with Gasteiger partial charge < -0.3 is 4.98 Å². The number of halogens is 1. The first kappa shape index (κ1) is 27.0. The zero-order chi connectivity index (χ0) is 27.7. The van der Waals surface area contributed by atoms with Gasteiger partial charge in [0.05, 0.1) is 16.6 Å². The predicted molar refractivity (Wildman–Crippen MR) is 148 cm³/mol. The van der Waals surface area contributed by atoms with Crippen molar-refractivity contribution >= 4 is 21.1 Å². The molecule has 0 radical (unpaired) electrons. The van der Waals surface area contributed by atoms with Crippen LogP contribution in [-0.4, -0.2) is 40.1 Å². The Morgan fingerprint density at radius 3 is 2.33 bits per heavy atom. The molecule has 0 spiro atoms. The third-order valence-corrected chi connectivity index (χ3v) is 8.80. The number of rotatable bonds is 8. The van der Waals surface area contributed by atoms with Crippen molar-refractivity contribution in [1.29, 1.82) is 0 Å². The number of sulfonamides is 1. The molecule has 11 heteroatoms. The van der Waals surface area contributed by atoms with Crippen molar-refractivity contribution in [2.24, 2.45) is 0 Å². The minimum atomic E-state index is -3.81. The van der Waals surface area contributed by atoms with Gasteiger partial charge in [0, 0.05) is 31.9 Å². The lowest BCUT2D eigenvalue weighted by Crippen LogP contribution is -2.50.